The average Bonchev–Trinajstić information content (AvgIpc) is 3.27. The minimum Gasteiger partial charge on any atom is -0.460 e. The number of ether oxygens (including phenoxy) is 2. The SMILES string of the molecule is CC[C@H](C)[C@H](NC(=O)OC(C)(C)C)C(=O)NCC(=O)N1c2ccccc2C[C@H]1C(=O)N[C@H](C=O)CC(=O)OC(C)(C)C. The van der Waals surface area contributed by atoms with Gasteiger partial charge in [0.15, 0.2) is 0 Å². The van der Waals surface area contributed by atoms with E-state index < -0.39 is 65.7 Å². The summed E-state index contributed by atoms with van der Waals surface area (Å²) in [4.78, 5) is 77.4. The summed E-state index contributed by atoms with van der Waals surface area (Å²) in [5.74, 6) is -2.68. The third-order valence-corrected chi connectivity index (χ3v) is 6.43. The van der Waals surface area contributed by atoms with Gasteiger partial charge in [0.1, 0.15) is 29.6 Å². The first-order valence-corrected chi connectivity index (χ1v) is 14.1. The molecule has 2 rings (SSSR count). The molecule has 0 fully saturated rings. The molecule has 12 nitrogen and oxygen atoms in total. The molecule has 0 saturated carbocycles. The number of aldehydes is 1. The highest BCUT2D eigenvalue weighted by Gasteiger charge is 2.39. The Morgan fingerprint density at radius 1 is 1.00 bits per heavy atom. The van der Waals surface area contributed by atoms with E-state index in [0.29, 0.717) is 18.4 Å². The molecule has 0 radical (unpaired) electrons. The maximum atomic E-state index is 13.5. The molecule has 1 aliphatic heterocycles. The van der Waals surface area contributed by atoms with Crippen molar-refractivity contribution in [2.45, 2.75) is 104 Å². The van der Waals surface area contributed by atoms with Gasteiger partial charge in [0.25, 0.3) is 0 Å². The molecular weight excluding hydrogens is 544 g/mol. The van der Waals surface area contributed by atoms with Gasteiger partial charge in [-0.25, -0.2) is 4.79 Å². The minimum atomic E-state index is -1.15. The zero-order valence-corrected chi connectivity index (χ0v) is 25.7. The first kappa shape index (κ1) is 34.2. The molecule has 0 aliphatic carbocycles. The summed E-state index contributed by atoms with van der Waals surface area (Å²) in [6, 6.07) is 3.84. The Kier molecular flexibility index (Phi) is 11.6. The summed E-state index contributed by atoms with van der Waals surface area (Å²) in [5, 5.41) is 7.71. The second-order valence-corrected chi connectivity index (χ2v) is 12.4. The van der Waals surface area contributed by atoms with Crippen molar-refractivity contribution in [3.63, 3.8) is 0 Å². The number of hydrogen-bond acceptors (Lipinski definition) is 8. The Labute approximate surface area is 247 Å². The molecule has 1 aromatic rings. The number of para-hydroxylation sites is 1. The van der Waals surface area contributed by atoms with Crippen LogP contribution >= 0.6 is 0 Å². The first-order chi connectivity index (χ1) is 19.5. The molecule has 0 saturated heterocycles. The van der Waals surface area contributed by atoms with E-state index >= 15 is 0 Å². The van der Waals surface area contributed by atoms with Crippen LogP contribution in [-0.2, 0) is 39.9 Å². The van der Waals surface area contributed by atoms with Crippen molar-refractivity contribution in [1.29, 1.82) is 0 Å². The van der Waals surface area contributed by atoms with Crippen LogP contribution in [0.4, 0.5) is 10.5 Å². The van der Waals surface area contributed by atoms with Gasteiger partial charge in [-0.1, -0.05) is 38.5 Å². The van der Waals surface area contributed by atoms with Crippen molar-refractivity contribution in [1.82, 2.24) is 16.0 Å². The van der Waals surface area contributed by atoms with Crippen LogP contribution in [0.3, 0.4) is 0 Å². The van der Waals surface area contributed by atoms with Crippen LogP contribution < -0.4 is 20.9 Å². The molecule has 1 aromatic carbocycles. The second-order valence-electron chi connectivity index (χ2n) is 12.4. The van der Waals surface area contributed by atoms with Gasteiger partial charge in [-0.15, -0.1) is 0 Å². The van der Waals surface area contributed by atoms with Gasteiger partial charge in [0.05, 0.1) is 19.0 Å². The number of esters is 1. The lowest BCUT2D eigenvalue weighted by atomic mass is 9.98. The normalized spacial score (nSPS) is 16.8. The molecule has 0 bridgehead atoms. The lowest BCUT2D eigenvalue weighted by Gasteiger charge is -2.28. The lowest BCUT2D eigenvalue weighted by molar-refractivity contribution is -0.156. The minimum absolute atomic E-state index is 0.176. The number of nitrogens with one attached hydrogen (secondary N) is 3. The molecule has 12 heteroatoms. The summed E-state index contributed by atoms with van der Waals surface area (Å²) in [5.41, 5.74) is -0.287. The molecule has 4 atom stereocenters. The molecule has 4 amide bonds. The highest BCUT2D eigenvalue weighted by atomic mass is 16.6. The number of anilines is 1. The standard InChI is InChI=1S/C30H44N4O8/c1-9-18(2)25(33-28(40)42-30(6,7)8)27(39)31-16-23(36)34-21-13-11-10-12-19(21)14-22(34)26(38)32-20(17-35)15-24(37)41-29(3,4)5/h10-13,17-18,20,22,25H,9,14-16H2,1-8H3,(H,31,39)(H,32,38)(H,33,40)/t18-,20-,22-,25-/m0/s1. The summed E-state index contributed by atoms with van der Waals surface area (Å²) < 4.78 is 10.5. The van der Waals surface area contributed by atoms with Crippen LogP contribution in [-0.4, -0.2) is 71.9 Å². The van der Waals surface area contributed by atoms with Gasteiger partial charge in [-0.3, -0.25) is 24.1 Å². The van der Waals surface area contributed by atoms with Crippen LogP contribution in [0, 0.1) is 5.92 Å². The number of carbonyl (C=O) groups is 6. The average molecular weight is 589 g/mol. The van der Waals surface area contributed by atoms with Gasteiger partial charge >= 0.3 is 12.1 Å². The molecule has 1 heterocycles. The van der Waals surface area contributed by atoms with Crippen LogP contribution in [0.15, 0.2) is 24.3 Å². The number of nitrogens with zero attached hydrogens (tertiary/aromatic N) is 1. The fraction of sp³-hybridized carbons (Fsp3) is 0.600. The first-order valence-electron chi connectivity index (χ1n) is 14.1. The van der Waals surface area contributed by atoms with E-state index in [1.54, 1.807) is 72.7 Å². The third kappa shape index (κ3) is 10.1. The molecule has 0 unspecified atom stereocenters. The zero-order chi connectivity index (χ0) is 31.8. The van der Waals surface area contributed by atoms with Crippen LogP contribution in [0.2, 0.25) is 0 Å². The van der Waals surface area contributed by atoms with Crippen molar-refractivity contribution < 1.29 is 38.2 Å². The summed E-state index contributed by atoms with van der Waals surface area (Å²) in [6.07, 6.45) is 0.0803. The van der Waals surface area contributed by atoms with E-state index in [4.69, 9.17) is 9.47 Å². The van der Waals surface area contributed by atoms with Crippen LogP contribution in [0.5, 0.6) is 0 Å². The van der Waals surface area contributed by atoms with E-state index in [2.05, 4.69) is 16.0 Å². The van der Waals surface area contributed by atoms with Gasteiger partial charge in [-0.05, 0) is 59.1 Å². The van der Waals surface area contributed by atoms with Crippen LogP contribution in [0.1, 0.15) is 73.8 Å². The molecule has 0 aromatic heterocycles. The zero-order valence-electron chi connectivity index (χ0n) is 25.7. The maximum Gasteiger partial charge on any atom is 0.408 e. The number of amides is 4. The topological polar surface area (TPSA) is 160 Å². The third-order valence-electron chi connectivity index (χ3n) is 6.43. The van der Waals surface area contributed by atoms with Gasteiger partial charge in [-0.2, -0.15) is 0 Å². The number of rotatable bonds is 11. The Morgan fingerprint density at radius 2 is 1.62 bits per heavy atom. The molecule has 3 N–H and O–H groups in total. The van der Waals surface area contributed by atoms with E-state index in [-0.39, 0.29) is 18.8 Å². The Morgan fingerprint density at radius 3 is 2.19 bits per heavy atom. The van der Waals surface area contributed by atoms with Gasteiger partial charge in [0, 0.05) is 12.1 Å². The Balaban J connectivity index is 2.16. The van der Waals surface area contributed by atoms with E-state index in [1.807, 2.05) is 6.92 Å². The highest BCUT2D eigenvalue weighted by molar-refractivity contribution is 6.05. The maximum absolute atomic E-state index is 13.5. The fourth-order valence-corrected chi connectivity index (χ4v) is 4.37. The molecule has 232 valence electrons. The monoisotopic (exact) mass is 588 g/mol. The van der Waals surface area contributed by atoms with E-state index in [9.17, 15) is 28.8 Å². The van der Waals surface area contributed by atoms with Crippen molar-refractivity contribution in [3.05, 3.63) is 29.8 Å². The predicted molar refractivity (Wildman–Crippen MR) is 155 cm³/mol. The van der Waals surface area contributed by atoms with E-state index in [1.165, 1.54) is 4.90 Å². The number of hydrogen-bond donors (Lipinski definition) is 3. The number of alkyl carbamates (subject to hydrolysis) is 1. The molecular formula is C30H44N4O8. The molecule has 42 heavy (non-hydrogen) atoms. The highest BCUT2D eigenvalue weighted by Crippen LogP contribution is 2.32. The molecule has 1 aliphatic rings. The number of carbonyl (C=O) groups excluding carboxylic acids is 6. The smallest absolute Gasteiger partial charge is 0.408 e. The Hall–Kier alpha value is -3.96. The number of fused-ring (bicyclic) bond motifs is 1. The van der Waals surface area contributed by atoms with E-state index in [0.717, 1.165) is 5.56 Å². The van der Waals surface area contributed by atoms with Crippen molar-refractivity contribution in [2.24, 2.45) is 5.92 Å². The van der Waals surface area contributed by atoms with Gasteiger partial charge < -0.3 is 30.2 Å². The van der Waals surface area contributed by atoms with Gasteiger partial charge in [0.2, 0.25) is 17.7 Å². The Bertz CT molecular complexity index is 1170. The van der Waals surface area contributed by atoms with Crippen molar-refractivity contribution >= 4 is 41.8 Å². The number of benzene rings is 1. The largest absolute Gasteiger partial charge is 0.460 e. The lowest BCUT2D eigenvalue weighted by Crippen LogP contribution is -2.55. The summed E-state index contributed by atoms with van der Waals surface area (Å²) >= 11 is 0. The quantitative estimate of drug-likeness (QED) is 0.262. The van der Waals surface area contributed by atoms with Crippen molar-refractivity contribution in [2.75, 3.05) is 11.4 Å². The molecule has 0 spiro atoms. The predicted octanol–water partition coefficient (Wildman–Crippen LogP) is 2.42. The second kappa shape index (κ2) is 14.3. The fourth-order valence-electron chi connectivity index (χ4n) is 4.37. The summed E-state index contributed by atoms with van der Waals surface area (Å²) in [7, 11) is 0. The van der Waals surface area contributed by atoms with Crippen LogP contribution in [0.25, 0.3) is 0 Å². The van der Waals surface area contributed by atoms with Crippen molar-refractivity contribution in [3.8, 4) is 0 Å². The summed E-state index contributed by atoms with van der Waals surface area (Å²) in [6.45, 7) is 13.4.